The molecule has 0 radical (unpaired) electrons. The van der Waals surface area contributed by atoms with Crippen molar-refractivity contribution < 1.29 is 32.2 Å². The number of aryl methyl sites for hydroxylation is 2. The molecule has 0 fully saturated rings. The van der Waals surface area contributed by atoms with Gasteiger partial charge in [0.05, 0.1) is 41.7 Å². The van der Waals surface area contributed by atoms with Crippen LogP contribution in [0.15, 0.2) is 42.5 Å². The Morgan fingerprint density at radius 3 is 2.59 bits per heavy atom. The largest absolute Gasteiger partial charge is 0.494 e. The SMILES string of the molecule is COc1cc(C(=O)OC(C)C)cc2nc(-c3cc4ccc5nc4n3CCC/C=C\C[C@](C)(C(F)(F)F)C(=O)N[C@@H]5C)n(C)c12. The van der Waals surface area contributed by atoms with E-state index in [1.807, 2.05) is 28.3 Å². The highest BCUT2D eigenvalue weighted by molar-refractivity contribution is 5.97. The van der Waals surface area contributed by atoms with Gasteiger partial charge >= 0.3 is 12.1 Å². The number of hydrogen-bond acceptors (Lipinski definition) is 6. The van der Waals surface area contributed by atoms with Crippen LogP contribution in [-0.4, -0.2) is 50.4 Å². The monoisotopic (exact) mass is 611 g/mol. The fraction of sp³-hybridized carbons (Fsp3) is 0.438. The summed E-state index contributed by atoms with van der Waals surface area (Å²) in [6.45, 7) is 6.63. The van der Waals surface area contributed by atoms with Gasteiger partial charge in [-0.25, -0.2) is 14.8 Å². The van der Waals surface area contributed by atoms with Crippen molar-refractivity contribution >= 4 is 33.9 Å². The first kappa shape index (κ1) is 31.1. The maximum atomic E-state index is 14.0. The van der Waals surface area contributed by atoms with Crippen LogP contribution in [0.1, 0.15) is 69.1 Å². The summed E-state index contributed by atoms with van der Waals surface area (Å²) in [6, 6.07) is 8.07. The van der Waals surface area contributed by atoms with Crippen LogP contribution in [0.3, 0.4) is 0 Å². The number of aromatic nitrogens is 4. The van der Waals surface area contributed by atoms with Crippen LogP contribution in [0.4, 0.5) is 13.2 Å². The highest BCUT2D eigenvalue weighted by Gasteiger charge is 2.56. The summed E-state index contributed by atoms with van der Waals surface area (Å²) >= 11 is 0. The predicted octanol–water partition coefficient (Wildman–Crippen LogP) is 6.65. The minimum absolute atomic E-state index is 0.286. The van der Waals surface area contributed by atoms with Gasteiger partial charge in [0, 0.05) is 19.0 Å². The number of methoxy groups -OCH3 is 1. The zero-order chi connectivity index (χ0) is 32.0. The summed E-state index contributed by atoms with van der Waals surface area (Å²) in [7, 11) is 3.39. The summed E-state index contributed by atoms with van der Waals surface area (Å²) in [5.74, 6) is -0.484. The number of amides is 1. The normalized spacial score (nSPS) is 20.6. The number of carbonyl (C=O) groups excluding carboxylic acids is 2. The van der Waals surface area contributed by atoms with E-state index in [1.165, 1.54) is 13.2 Å². The zero-order valence-electron chi connectivity index (χ0n) is 25.6. The maximum absolute atomic E-state index is 14.0. The third kappa shape index (κ3) is 5.53. The summed E-state index contributed by atoms with van der Waals surface area (Å²) in [6.07, 6.45) is -1.23. The van der Waals surface area contributed by atoms with Crippen molar-refractivity contribution in [1.29, 1.82) is 0 Å². The first-order chi connectivity index (χ1) is 20.7. The molecule has 1 aliphatic heterocycles. The Bertz CT molecular complexity index is 1770. The predicted molar refractivity (Wildman–Crippen MR) is 160 cm³/mol. The molecule has 0 spiro atoms. The highest BCUT2D eigenvalue weighted by atomic mass is 19.4. The van der Waals surface area contributed by atoms with Crippen molar-refractivity contribution in [2.75, 3.05) is 7.11 Å². The van der Waals surface area contributed by atoms with Crippen LogP contribution >= 0.6 is 0 Å². The number of imidazole rings is 1. The summed E-state index contributed by atoms with van der Waals surface area (Å²) in [5, 5.41) is 3.35. The average molecular weight is 612 g/mol. The lowest BCUT2D eigenvalue weighted by atomic mass is 9.84. The Kier molecular flexibility index (Phi) is 8.21. The number of ether oxygens (including phenoxy) is 2. The lowest BCUT2D eigenvalue weighted by Gasteiger charge is -2.31. The Hall–Kier alpha value is -4.35. The van der Waals surface area contributed by atoms with Crippen molar-refractivity contribution in [1.82, 2.24) is 24.4 Å². The molecule has 4 aromatic rings. The van der Waals surface area contributed by atoms with Crippen molar-refractivity contribution in [3.05, 3.63) is 53.7 Å². The molecule has 1 aliphatic rings. The minimum atomic E-state index is -4.72. The number of rotatable bonds is 4. The number of alkyl halides is 3. The van der Waals surface area contributed by atoms with Crippen LogP contribution in [0.5, 0.6) is 5.75 Å². The molecule has 1 amide bonds. The fourth-order valence-corrected chi connectivity index (χ4v) is 5.46. The molecule has 9 nitrogen and oxygen atoms in total. The average Bonchev–Trinajstić information content (AvgIpc) is 3.49. The second kappa shape index (κ2) is 11.6. The Labute approximate surface area is 253 Å². The first-order valence-electron chi connectivity index (χ1n) is 14.5. The number of esters is 1. The van der Waals surface area contributed by atoms with E-state index in [2.05, 4.69) is 5.32 Å². The van der Waals surface area contributed by atoms with E-state index in [9.17, 15) is 22.8 Å². The van der Waals surface area contributed by atoms with E-state index in [-0.39, 0.29) is 6.10 Å². The number of hydrogen-bond donors (Lipinski definition) is 1. The van der Waals surface area contributed by atoms with Crippen LogP contribution in [0, 0.1) is 5.41 Å². The summed E-state index contributed by atoms with van der Waals surface area (Å²) < 4.78 is 57.0. The molecule has 2 bridgehead atoms. The quantitative estimate of drug-likeness (QED) is 0.205. The number of benzene rings is 1. The number of halogens is 3. The third-order valence-electron chi connectivity index (χ3n) is 8.09. The van der Waals surface area contributed by atoms with Crippen molar-refractivity contribution in [2.24, 2.45) is 12.5 Å². The first-order valence-corrected chi connectivity index (χ1v) is 14.5. The smallest absolute Gasteiger partial charge is 0.403 e. The van der Waals surface area contributed by atoms with E-state index in [4.69, 9.17) is 19.4 Å². The fourth-order valence-electron chi connectivity index (χ4n) is 5.46. The van der Waals surface area contributed by atoms with Crippen molar-refractivity contribution in [3.8, 4) is 17.3 Å². The van der Waals surface area contributed by atoms with E-state index in [0.717, 1.165) is 18.0 Å². The molecule has 234 valence electrons. The van der Waals surface area contributed by atoms with Gasteiger partial charge in [-0.3, -0.25) is 4.79 Å². The topological polar surface area (TPSA) is 100 Å². The maximum Gasteiger partial charge on any atom is 0.403 e. The van der Waals surface area contributed by atoms with Gasteiger partial charge in [-0.1, -0.05) is 12.2 Å². The zero-order valence-corrected chi connectivity index (χ0v) is 25.6. The number of pyridine rings is 1. The highest BCUT2D eigenvalue weighted by Crippen LogP contribution is 2.42. The Balaban J connectivity index is 1.63. The second-order valence-corrected chi connectivity index (χ2v) is 11.7. The number of carbonyl (C=O) groups is 2. The van der Waals surface area contributed by atoms with Gasteiger partial charge in [0.15, 0.2) is 5.82 Å². The third-order valence-corrected chi connectivity index (χ3v) is 8.09. The Morgan fingerprint density at radius 1 is 1.16 bits per heavy atom. The number of nitrogens with one attached hydrogen (secondary N) is 1. The molecule has 0 saturated carbocycles. The van der Waals surface area contributed by atoms with Gasteiger partial charge in [-0.2, -0.15) is 13.2 Å². The van der Waals surface area contributed by atoms with E-state index in [1.54, 1.807) is 45.0 Å². The number of allylic oxidation sites excluding steroid dienone is 2. The van der Waals surface area contributed by atoms with Crippen molar-refractivity contribution in [2.45, 2.75) is 71.8 Å². The molecule has 1 N–H and O–H groups in total. The van der Waals surface area contributed by atoms with Gasteiger partial charge in [0.25, 0.3) is 0 Å². The molecule has 0 aliphatic carbocycles. The van der Waals surface area contributed by atoms with Crippen LogP contribution in [0.25, 0.3) is 33.6 Å². The number of nitrogens with zero attached hydrogens (tertiary/aromatic N) is 4. The van der Waals surface area contributed by atoms with Gasteiger partial charge in [-0.15, -0.1) is 0 Å². The lowest BCUT2D eigenvalue weighted by Crippen LogP contribution is -2.49. The minimum Gasteiger partial charge on any atom is -0.494 e. The summed E-state index contributed by atoms with van der Waals surface area (Å²) in [4.78, 5) is 35.4. The van der Waals surface area contributed by atoms with Crippen LogP contribution < -0.4 is 10.1 Å². The molecule has 4 heterocycles. The van der Waals surface area contributed by atoms with Crippen molar-refractivity contribution in [3.63, 3.8) is 0 Å². The molecule has 0 unspecified atom stereocenters. The standard InChI is InChI=1S/C32H36F3N5O4/c1-18(2)44-29(41)21-15-23-26(25(17-21)43-6)39(5)28(38-23)24-16-20-11-12-22-19(3)36-30(42)31(4,32(33,34)35)13-9-7-8-10-14-40(24)27(20)37-22/h7,9,11-12,15-19H,8,10,13-14H2,1-6H3,(H,36,42)/b9-7-/t19-,31+/m1/s1. The van der Waals surface area contributed by atoms with Gasteiger partial charge in [0.2, 0.25) is 5.91 Å². The molecular formula is C32H36F3N5O4. The van der Waals surface area contributed by atoms with E-state index < -0.39 is 35.9 Å². The molecule has 5 rings (SSSR count). The van der Waals surface area contributed by atoms with E-state index in [0.29, 0.717) is 58.9 Å². The molecule has 1 aromatic carbocycles. The van der Waals surface area contributed by atoms with Crippen LogP contribution in [0.2, 0.25) is 0 Å². The van der Waals surface area contributed by atoms with Crippen LogP contribution in [-0.2, 0) is 23.1 Å². The molecule has 44 heavy (non-hydrogen) atoms. The molecule has 12 heteroatoms. The summed E-state index contributed by atoms with van der Waals surface area (Å²) in [5.41, 5.74) is 0.846. The Morgan fingerprint density at radius 2 is 1.91 bits per heavy atom. The molecular weight excluding hydrogens is 575 g/mol. The second-order valence-electron chi connectivity index (χ2n) is 11.7. The molecule has 3 aromatic heterocycles. The number of fused-ring (bicyclic) bond motifs is 2. The van der Waals surface area contributed by atoms with Gasteiger partial charge in [0.1, 0.15) is 22.3 Å². The lowest BCUT2D eigenvalue weighted by molar-refractivity contribution is -0.216. The molecule has 0 saturated heterocycles. The molecule has 2 atom stereocenters. The van der Waals surface area contributed by atoms with E-state index >= 15 is 0 Å². The van der Waals surface area contributed by atoms with Gasteiger partial charge < -0.3 is 23.9 Å². The van der Waals surface area contributed by atoms with Gasteiger partial charge in [-0.05, 0) is 77.3 Å².